The van der Waals surface area contributed by atoms with E-state index in [4.69, 9.17) is 4.74 Å². The molecule has 0 bridgehead atoms. The van der Waals surface area contributed by atoms with Crippen LogP contribution in [0.4, 0.5) is 0 Å². The number of nitrogens with one attached hydrogen (secondary N) is 1. The lowest BCUT2D eigenvalue weighted by molar-refractivity contribution is -0.134. The molecule has 0 amide bonds. The fourth-order valence-corrected chi connectivity index (χ4v) is 2.32. The molecule has 0 unspecified atom stereocenters. The Hall–Kier alpha value is -3.01. The molecule has 4 heteroatoms. The van der Waals surface area contributed by atoms with Crippen LogP contribution in [0.3, 0.4) is 0 Å². The Bertz CT molecular complexity index is 834. The number of methoxy groups -OCH3 is 1. The van der Waals surface area contributed by atoms with Crippen LogP contribution in [-0.4, -0.2) is 18.1 Å². The van der Waals surface area contributed by atoms with Crippen molar-refractivity contribution in [2.45, 2.75) is 6.61 Å². The van der Waals surface area contributed by atoms with Gasteiger partial charge < -0.3 is 14.5 Å². The predicted molar refractivity (Wildman–Crippen MR) is 90.1 cm³/mol. The minimum atomic E-state index is -0.373. The maximum atomic E-state index is 11.2. The van der Waals surface area contributed by atoms with Crippen LogP contribution in [0.2, 0.25) is 0 Å². The van der Waals surface area contributed by atoms with Crippen molar-refractivity contribution in [3.05, 3.63) is 71.9 Å². The standard InChI is InChI=1S/C19H17NO3/c1-22-19(21)10-7-15-12-20-18-11-16(8-9-17(15)18)23-13-14-5-3-2-4-6-14/h2-12,20H,13H2,1H3/b10-7+. The molecule has 0 atom stereocenters. The number of hydrogen-bond donors (Lipinski definition) is 1. The lowest BCUT2D eigenvalue weighted by atomic mass is 10.1. The van der Waals surface area contributed by atoms with Gasteiger partial charge in [-0.1, -0.05) is 30.3 Å². The van der Waals surface area contributed by atoms with Crippen LogP contribution in [0.1, 0.15) is 11.1 Å². The normalized spacial score (nSPS) is 11.0. The van der Waals surface area contributed by atoms with E-state index in [2.05, 4.69) is 9.72 Å². The van der Waals surface area contributed by atoms with Crippen molar-refractivity contribution in [1.29, 1.82) is 0 Å². The van der Waals surface area contributed by atoms with Gasteiger partial charge in [0.25, 0.3) is 0 Å². The van der Waals surface area contributed by atoms with Crippen molar-refractivity contribution in [1.82, 2.24) is 4.98 Å². The fraction of sp³-hybridized carbons (Fsp3) is 0.105. The molecule has 3 aromatic rings. The maximum absolute atomic E-state index is 11.2. The van der Waals surface area contributed by atoms with Gasteiger partial charge in [-0.05, 0) is 23.8 Å². The molecular weight excluding hydrogens is 290 g/mol. The van der Waals surface area contributed by atoms with E-state index >= 15 is 0 Å². The summed E-state index contributed by atoms with van der Waals surface area (Å²) >= 11 is 0. The number of hydrogen-bond acceptors (Lipinski definition) is 3. The SMILES string of the molecule is COC(=O)/C=C/c1c[nH]c2cc(OCc3ccccc3)ccc12. The highest BCUT2D eigenvalue weighted by Crippen LogP contribution is 2.24. The zero-order valence-electron chi connectivity index (χ0n) is 12.8. The van der Waals surface area contributed by atoms with Crippen LogP contribution in [-0.2, 0) is 16.1 Å². The van der Waals surface area contributed by atoms with Crippen molar-refractivity contribution >= 4 is 22.9 Å². The number of carbonyl (C=O) groups is 1. The number of fused-ring (bicyclic) bond motifs is 1. The molecule has 0 saturated heterocycles. The number of aromatic nitrogens is 1. The molecule has 3 rings (SSSR count). The molecule has 0 fully saturated rings. The Labute approximate surface area is 134 Å². The van der Waals surface area contributed by atoms with E-state index in [1.54, 1.807) is 6.08 Å². The molecule has 0 aliphatic rings. The Morgan fingerprint density at radius 1 is 1.17 bits per heavy atom. The molecule has 116 valence electrons. The maximum Gasteiger partial charge on any atom is 0.330 e. The first-order chi connectivity index (χ1) is 11.3. The highest BCUT2D eigenvalue weighted by atomic mass is 16.5. The summed E-state index contributed by atoms with van der Waals surface area (Å²) in [6.45, 7) is 0.530. The van der Waals surface area contributed by atoms with Gasteiger partial charge in [-0.25, -0.2) is 4.79 Å². The molecule has 1 heterocycles. The van der Waals surface area contributed by atoms with Crippen molar-refractivity contribution in [3.63, 3.8) is 0 Å². The van der Waals surface area contributed by atoms with Gasteiger partial charge in [0.2, 0.25) is 0 Å². The average Bonchev–Trinajstić information content (AvgIpc) is 3.01. The predicted octanol–water partition coefficient (Wildman–Crippen LogP) is 3.93. The van der Waals surface area contributed by atoms with E-state index in [1.165, 1.54) is 13.2 Å². The van der Waals surface area contributed by atoms with Gasteiger partial charge in [-0.3, -0.25) is 0 Å². The zero-order chi connectivity index (χ0) is 16.1. The highest BCUT2D eigenvalue weighted by Gasteiger charge is 2.04. The van der Waals surface area contributed by atoms with Gasteiger partial charge in [-0.2, -0.15) is 0 Å². The number of carbonyl (C=O) groups excluding carboxylic acids is 1. The van der Waals surface area contributed by atoms with Crippen LogP contribution in [0, 0.1) is 0 Å². The lowest BCUT2D eigenvalue weighted by Crippen LogP contribution is -1.94. The lowest BCUT2D eigenvalue weighted by Gasteiger charge is -2.06. The third-order valence-electron chi connectivity index (χ3n) is 3.53. The summed E-state index contributed by atoms with van der Waals surface area (Å²) in [4.78, 5) is 14.4. The first-order valence-corrected chi connectivity index (χ1v) is 7.30. The van der Waals surface area contributed by atoms with Gasteiger partial charge >= 0.3 is 5.97 Å². The van der Waals surface area contributed by atoms with Crippen molar-refractivity contribution in [2.75, 3.05) is 7.11 Å². The Balaban J connectivity index is 1.75. The largest absolute Gasteiger partial charge is 0.489 e. The molecule has 1 aromatic heterocycles. The smallest absolute Gasteiger partial charge is 0.330 e. The summed E-state index contributed by atoms with van der Waals surface area (Å²) in [5.41, 5.74) is 3.01. The van der Waals surface area contributed by atoms with Gasteiger partial charge in [0.05, 0.1) is 7.11 Å². The summed E-state index contributed by atoms with van der Waals surface area (Å²) < 4.78 is 10.4. The van der Waals surface area contributed by atoms with Crippen molar-refractivity contribution in [2.24, 2.45) is 0 Å². The van der Waals surface area contributed by atoms with E-state index in [0.717, 1.165) is 27.8 Å². The second kappa shape index (κ2) is 6.83. The molecule has 23 heavy (non-hydrogen) atoms. The van der Waals surface area contributed by atoms with Crippen LogP contribution >= 0.6 is 0 Å². The third kappa shape index (κ3) is 3.61. The van der Waals surface area contributed by atoms with E-state index in [0.29, 0.717) is 6.61 Å². The highest BCUT2D eigenvalue weighted by molar-refractivity contribution is 5.94. The summed E-state index contributed by atoms with van der Waals surface area (Å²) in [7, 11) is 1.36. The minimum Gasteiger partial charge on any atom is -0.489 e. The molecule has 0 radical (unpaired) electrons. The van der Waals surface area contributed by atoms with E-state index < -0.39 is 0 Å². The Morgan fingerprint density at radius 3 is 2.78 bits per heavy atom. The van der Waals surface area contributed by atoms with Crippen molar-refractivity contribution < 1.29 is 14.3 Å². The van der Waals surface area contributed by atoms with Gasteiger partial charge in [0.15, 0.2) is 0 Å². The summed E-state index contributed by atoms with van der Waals surface area (Å²) in [6, 6.07) is 15.9. The Morgan fingerprint density at radius 2 is 2.00 bits per heavy atom. The average molecular weight is 307 g/mol. The van der Waals surface area contributed by atoms with E-state index in [9.17, 15) is 4.79 Å². The van der Waals surface area contributed by atoms with Crippen LogP contribution < -0.4 is 4.74 Å². The Kier molecular flexibility index (Phi) is 4.43. The minimum absolute atomic E-state index is 0.373. The molecule has 0 aliphatic carbocycles. The summed E-state index contributed by atoms with van der Waals surface area (Å²) in [5.74, 6) is 0.425. The second-order valence-corrected chi connectivity index (χ2v) is 5.08. The molecule has 0 saturated carbocycles. The number of esters is 1. The summed E-state index contributed by atoms with van der Waals surface area (Å²) in [5, 5.41) is 1.03. The topological polar surface area (TPSA) is 51.3 Å². The molecular formula is C19H17NO3. The van der Waals surface area contributed by atoms with Gasteiger partial charge in [0, 0.05) is 34.8 Å². The molecule has 0 aliphatic heterocycles. The number of ether oxygens (including phenoxy) is 2. The quantitative estimate of drug-likeness (QED) is 0.574. The number of benzene rings is 2. The first-order valence-electron chi connectivity index (χ1n) is 7.30. The molecule has 1 N–H and O–H groups in total. The summed E-state index contributed by atoms with van der Waals surface area (Å²) in [6.07, 6.45) is 4.99. The third-order valence-corrected chi connectivity index (χ3v) is 3.53. The van der Waals surface area contributed by atoms with Crippen LogP contribution in [0.15, 0.2) is 60.8 Å². The van der Waals surface area contributed by atoms with Gasteiger partial charge in [-0.15, -0.1) is 0 Å². The molecule has 0 spiro atoms. The van der Waals surface area contributed by atoms with Crippen LogP contribution in [0.5, 0.6) is 5.75 Å². The van der Waals surface area contributed by atoms with Gasteiger partial charge in [0.1, 0.15) is 12.4 Å². The molecule has 2 aromatic carbocycles. The van der Waals surface area contributed by atoms with E-state index in [-0.39, 0.29) is 5.97 Å². The molecule has 4 nitrogen and oxygen atoms in total. The first kappa shape index (κ1) is 14.9. The second-order valence-electron chi connectivity index (χ2n) is 5.08. The number of aromatic amines is 1. The monoisotopic (exact) mass is 307 g/mol. The zero-order valence-corrected chi connectivity index (χ0v) is 12.8. The fourth-order valence-electron chi connectivity index (χ4n) is 2.32. The van der Waals surface area contributed by atoms with Crippen LogP contribution in [0.25, 0.3) is 17.0 Å². The van der Waals surface area contributed by atoms with E-state index in [1.807, 2.05) is 54.7 Å². The number of rotatable bonds is 5. The van der Waals surface area contributed by atoms with Crippen molar-refractivity contribution in [3.8, 4) is 5.75 Å². The number of H-pyrrole nitrogens is 1.